The van der Waals surface area contributed by atoms with Crippen LogP contribution < -0.4 is 19.5 Å². The maximum Gasteiger partial charge on any atom is 0.240 e. The van der Waals surface area contributed by atoms with E-state index in [4.69, 9.17) is 9.47 Å². The van der Waals surface area contributed by atoms with E-state index in [1.165, 1.54) is 12.1 Å². The molecule has 2 aromatic carbocycles. The first kappa shape index (κ1) is 22.6. The lowest BCUT2D eigenvalue weighted by Gasteiger charge is -2.18. The number of nitrogens with one attached hydrogen (secondary N) is 2. The normalized spacial score (nSPS) is 13.1. The van der Waals surface area contributed by atoms with Crippen molar-refractivity contribution in [1.82, 2.24) is 10.0 Å². The molecule has 2 aromatic rings. The molecule has 1 heterocycles. The van der Waals surface area contributed by atoms with Gasteiger partial charge in [-0.25, -0.2) is 13.1 Å². The van der Waals surface area contributed by atoms with Gasteiger partial charge in [-0.15, -0.1) is 0 Å². The third-order valence-electron chi connectivity index (χ3n) is 4.58. The molecule has 30 heavy (non-hydrogen) atoms. The molecule has 0 atom stereocenters. The first-order valence-corrected chi connectivity index (χ1v) is 12.1. The summed E-state index contributed by atoms with van der Waals surface area (Å²) < 4.78 is 39.3. The van der Waals surface area contributed by atoms with Crippen LogP contribution in [0.1, 0.15) is 31.2 Å². The highest BCUT2D eigenvalue weighted by Crippen LogP contribution is 2.32. The zero-order valence-electron chi connectivity index (χ0n) is 16.5. The Morgan fingerprint density at radius 2 is 1.80 bits per heavy atom. The Labute approximate surface area is 185 Å². The molecule has 1 amide bonds. The predicted octanol–water partition coefficient (Wildman–Crippen LogP) is 3.38. The average molecular weight is 497 g/mol. The second-order valence-electron chi connectivity index (χ2n) is 6.92. The Morgan fingerprint density at radius 3 is 2.60 bits per heavy atom. The first-order chi connectivity index (χ1) is 14.4. The molecule has 0 unspecified atom stereocenters. The summed E-state index contributed by atoms with van der Waals surface area (Å²) in [5.41, 5.74) is 1.03. The van der Waals surface area contributed by atoms with E-state index in [1.807, 2.05) is 24.3 Å². The number of ether oxygens (including phenoxy) is 2. The Hall–Kier alpha value is -2.10. The summed E-state index contributed by atoms with van der Waals surface area (Å²) in [4.78, 5) is 12.1. The molecule has 0 aromatic heterocycles. The summed E-state index contributed by atoms with van der Waals surface area (Å²) in [6, 6.07) is 12.4. The van der Waals surface area contributed by atoms with E-state index in [-0.39, 0.29) is 10.8 Å². The number of rotatable bonds is 10. The number of fused-ring (bicyclic) bond motifs is 1. The molecule has 2 N–H and O–H groups in total. The standard InChI is InChI=1S/C21H25BrN2O5S/c22-17-6-4-5-16(13-17)15-23-21(25)7-2-1-3-10-24-30(26,27)18-8-9-19-20(14-18)29-12-11-28-19/h4-6,8-9,13-14,24H,1-3,7,10-12,15H2,(H,23,25). The van der Waals surface area contributed by atoms with Crippen molar-refractivity contribution >= 4 is 31.9 Å². The van der Waals surface area contributed by atoms with E-state index >= 15 is 0 Å². The zero-order chi connectivity index (χ0) is 21.4. The van der Waals surface area contributed by atoms with Gasteiger partial charge in [0.1, 0.15) is 13.2 Å². The van der Waals surface area contributed by atoms with E-state index in [9.17, 15) is 13.2 Å². The molecule has 0 saturated heterocycles. The number of carbonyl (C=O) groups is 1. The summed E-state index contributed by atoms with van der Waals surface area (Å²) in [7, 11) is -3.61. The Balaban J connectivity index is 1.33. The molecule has 162 valence electrons. The second-order valence-corrected chi connectivity index (χ2v) is 9.60. The van der Waals surface area contributed by atoms with Gasteiger partial charge in [-0.3, -0.25) is 4.79 Å². The van der Waals surface area contributed by atoms with Gasteiger partial charge in [-0.05, 0) is 42.7 Å². The largest absolute Gasteiger partial charge is 0.486 e. The number of hydrogen-bond acceptors (Lipinski definition) is 5. The van der Waals surface area contributed by atoms with Gasteiger partial charge in [-0.2, -0.15) is 0 Å². The maximum absolute atomic E-state index is 12.4. The van der Waals surface area contributed by atoms with Crippen LogP contribution in [-0.4, -0.2) is 34.1 Å². The smallest absolute Gasteiger partial charge is 0.240 e. The minimum atomic E-state index is -3.61. The fourth-order valence-corrected chi connectivity index (χ4v) is 4.54. The third kappa shape index (κ3) is 6.72. The van der Waals surface area contributed by atoms with Crippen molar-refractivity contribution in [3.8, 4) is 11.5 Å². The maximum atomic E-state index is 12.4. The van der Waals surface area contributed by atoms with Crippen LogP contribution in [-0.2, 0) is 21.4 Å². The van der Waals surface area contributed by atoms with Crippen LogP contribution in [0.4, 0.5) is 0 Å². The van der Waals surface area contributed by atoms with Crippen molar-refractivity contribution in [3.63, 3.8) is 0 Å². The highest BCUT2D eigenvalue weighted by molar-refractivity contribution is 9.10. The molecular formula is C21H25BrN2O5S. The quantitative estimate of drug-likeness (QED) is 0.491. The number of benzene rings is 2. The lowest BCUT2D eigenvalue weighted by Crippen LogP contribution is -2.25. The van der Waals surface area contributed by atoms with Gasteiger partial charge in [0.15, 0.2) is 11.5 Å². The van der Waals surface area contributed by atoms with Gasteiger partial charge < -0.3 is 14.8 Å². The number of sulfonamides is 1. The summed E-state index contributed by atoms with van der Waals surface area (Å²) >= 11 is 3.41. The fourth-order valence-electron chi connectivity index (χ4n) is 3.00. The van der Waals surface area contributed by atoms with Crippen molar-refractivity contribution in [2.75, 3.05) is 19.8 Å². The predicted molar refractivity (Wildman–Crippen MR) is 117 cm³/mol. The first-order valence-electron chi connectivity index (χ1n) is 9.84. The molecule has 0 fully saturated rings. The van der Waals surface area contributed by atoms with Crippen LogP contribution in [0.15, 0.2) is 51.8 Å². The molecule has 0 bridgehead atoms. The van der Waals surface area contributed by atoms with Crippen LogP contribution in [0.5, 0.6) is 11.5 Å². The average Bonchev–Trinajstić information content (AvgIpc) is 2.74. The molecule has 3 rings (SSSR count). The number of carbonyl (C=O) groups excluding carboxylic acids is 1. The van der Waals surface area contributed by atoms with Crippen LogP contribution in [0.25, 0.3) is 0 Å². The molecule has 9 heteroatoms. The van der Waals surface area contributed by atoms with Crippen molar-refractivity contribution in [2.45, 2.75) is 37.1 Å². The number of hydrogen-bond donors (Lipinski definition) is 2. The van der Waals surface area contributed by atoms with Crippen LogP contribution in [0.2, 0.25) is 0 Å². The molecule has 0 saturated carbocycles. The van der Waals surface area contributed by atoms with Gasteiger partial charge in [-0.1, -0.05) is 34.5 Å². The van der Waals surface area contributed by atoms with Crippen LogP contribution in [0, 0.1) is 0 Å². The molecular weight excluding hydrogens is 472 g/mol. The summed E-state index contributed by atoms with van der Waals surface area (Å²) in [5.74, 6) is 0.989. The zero-order valence-corrected chi connectivity index (χ0v) is 18.9. The Morgan fingerprint density at radius 1 is 1.00 bits per heavy atom. The molecule has 0 spiro atoms. The molecule has 0 radical (unpaired) electrons. The fraction of sp³-hybridized carbons (Fsp3) is 0.381. The van der Waals surface area contributed by atoms with Gasteiger partial charge >= 0.3 is 0 Å². The van der Waals surface area contributed by atoms with Crippen molar-refractivity contribution in [2.24, 2.45) is 0 Å². The van der Waals surface area contributed by atoms with Crippen molar-refractivity contribution < 1.29 is 22.7 Å². The Bertz CT molecular complexity index is 981. The number of amides is 1. The summed E-state index contributed by atoms with van der Waals surface area (Å²) in [6.45, 7) is 1.67. The molecule has 7 nitrogen and oxygen atoms in total. The summed E-state index contributed by atoms with van der Waals surface area (Å²) in [6.07, 6.45) is 2.54. The van der Waals surface area contributed by atoms with E-state index < -0.39 is 10.0 Å². The monoisotopic (exact) mass is 496 g/mol. The SMILES string of the molecule is O=C(CCCCCNS(=O)(=O)c1ccc2c(c1)OCCO2)NCc1cccc(Br)c1. The summed E-state index contributed by atoms with van der Waals surface area (Å²) in [5, 5.41) is 2.89. The van der Waals surface area contributed by atoms with E-state index in [0.717, 1.165) is 16.5 Å². The number of halogens is 1. The van der Waals surface area contributed by atoms with Gasteiger partial charge in [0.05, 0.1) is 4.90 Å². The van der Waals surface area contributed by atoms with Crippen molar-refractivity contribution in [3.05, 3.63) is 52.5 Å². The third-order valence-corrected chi connectivity index (χ3v) is 6.53. The Kier molecular flexibility index (Phi) is 8.12. The highest BCUT2D eigenvalue weighted by Gasteiger charge is 2.18. The number of unbranched alkanes of at least 4 members (excludes halogenated alkanes) is 2. The van der Waals surface area contributed by atoms with Gasteiger partial charge in [0.2, 0.25) is 15.9 Å². The van der Waals surface area contributed by atoms with Gasteiger partial charge in [0.25, 0.3) is 0 Å². The minimum Gasteiger partial charge on any atom is -0.486 e. The van der Waals surface area contributed by atoms with E-state index in [1.54, 1.807) is 6.07 Å². The van der Waals surface area contributed by atoms with Gasteiger partial charge in [0, 0.05) is 30.0 Å². The lowest BCUT2D eigenvalue weighted by molar-refractivity contribution is -0.121. The second kappa shape index (κ2) is 10.8. The van der Waals surface area contributed by atoms with Crippen LogP contribution in [0.3, 0.4) is 0 Å². The molecule has 1 aliphatic rings. The molecule has 1 aliphatic heterocycles. The van der Waals surface area contributed by atoms with E-state index in [2.05, 4.69) is 26.0 Å². The van der Waals surface area contributed by atoms with Crippen molar-refractivity contribution in [1.29, 1.82) is 0 Å². The van der Waals surface area contributed by atoms with E-state index in [0.29, 0.717) is 57.1 Å². The highest BCUT2D eigenvalue weighted by atomic mass is 79.9. The minimum absolute atomic E-state index is 0.00756. The molecule has 0 aliphatic carbocycles. The topological polar surface area (TPSA) is 93.7 Å². The van der Waals surface area contributed by atoms with Crippen LogP contribution >= 0.6 is 15.9 Å². The lowest BCUT2D eigenvalue weighted by atomic mass is 10.2.